The summed E-state index contributed by atoms with van der Waals surface area (Å²) in [6.45, 7) is 0. The quantitative estimate of drug-likeness (QED) is 0.889. The first kappa shape index (κ1) is 15.3. The highest BCUT2D eigenvalue weighted by Gasteiger charge is 2.14. The highest BCUT2D eigenvalue weighted by molar-refractivity contribution is 7.89. The first-order valence-corrected chi connectivity index (χ1v) is 7.83. The number of aromatic carboxylic acids is 1. The van der Waals surface area contributed by atoms with Gasteiger partial charge in [0.25, 0.3) is 0 Å². The molecule has 0 aliphatic heterocycles. The molecule has 110 valence electrons. The predicted molar refractivity (Wildman–Crippen MR) is 75.8 cm³/mol. The molecule has 0 saturated heterocycles. The fraction of sp³-hybridized carbons (Fsp3) is 0. The lowest BCUT2D eigenvalue weighted by Crippen LogP contribution is -2.14. The fourth-order valence-corrected chi connectivity index (χ4v) is 2.77. The Kier molecular flexibility index (Phi) is 4.16. The summed E-state index contributed by atoms with van der Waals surface area (Å²) in [7, 11) is -4.15. The van der Waals surface area contributed by atoms with Gasteiger partial charge in [-0.3, -0.25) is 0 Å². The Labute approximate surface area is 123 Å². The van der Waals surface area contributed by atoms with Gasteiger partial charge in [-0.1, -0.05) is 12.1 Å². The molecule has 2 aromatic rings. The fourth-order valence-electron chi connectivity index (χ4n) is 1.47. The van der Waals surface area contributed by atoms with Crippen LogP contribution in [0.2, 0.25) is 0 Å². The van der Waals surface area contributed by atoms with Crippen molar-refractivity contribution in [1.29, 1.82) is 0 Å². The number of nitrogens with two attached hydrogens (primary N) is 1. The molecule has 6 nitrogen and oxygen atoms in total. The van der Waals surface area contributed by atoms with Crippen molar-refractivity contribution in [2.45, 2.75) is 4.90 Å². The van der Waals surface area contributed by atoms with Crippen LogP contribution in [0, 0.1) is 5.82 Å². The summed E-state index contributed by atoms with van der Waals surface area (Å²) in [5.41, 5.74) is 0.396. The highest BCUT2D eigenvalue weighted by Crippen LogP contribution is 2.19. The largest absolute Gasteiger partial charge is 0.477 e. The molecule has 1 aromatic heterocycles. The molecule has 0 atom stereocenters. The van der Waals surface area contributed by atoms with E-state index in [1.165, 1.54) is 24.4 Å². The van der Waals surface area contributed by atoms with Gasteiger partial charge in [-0.2, -0.15) is 0 Å². The number of sulfonamides is 1. The van der Waals surface area contributed by atoms with Crippen LogP contribution in [0.5, 0.6) is 0 Å². The van der Waals surface area contributed by atoms with Gasteiger partial charge in [-0.15, -0.1) is 11.3 Å². The van der Waals surface area contributed by atoms with Crippen LogP contribution in [0.25, 0.3) is 12.2 Å². The van der Waals surface area contributed by atoms with Crippen LogP contribution in [0.15, 0.2) is 29.3 Å². The smallest absolute Gasteiger partial charge is 0.347 e. The van der Waals surface area contributed by atoms with Crippen molar-refractivity contribution in [3.8, 4) is 0 Å². The first-order chi connectivity index (χ1) is 9.77. The molecule has 0 amide bonds. The van der Waals surface area contributed by atoms with Crippen molar-refractivity contribution in [2.75, 3.05) is 0 Å². The van der Waals surface area contributed by atoms with E-state index in [4.69, 9.17) is 10.2 Å². The van der Waals surface area contributed by atoms with Crippen molar-refractivity contribution in [3.63, 3.8) is 0 Å². The maximum Gasteiger partial charge on any atom is 0.347 e. The van der Waals surface area contributed by atoms with E-state index in [9.17, 15) is 17.6 Å². The van der Waals surface area contributed by atoms with E-state index >= 15 is 0 Å². The van der Waals surface area contributed by atoms with Crippen molar-refractivity contribution in [3.05, 3.63) is 45.7 Å². The molecule has 9 heteroatoms. The summed E-state index contributed by atoms with van der Waals surface area (Å²) in [5.74, 6) is -2.01. The van der Waals surface area contributed by atoms with E-state index in [2.05, 4.69) is 4.98 Å². The second kappa shape index (κ2) is 5.72. The monoisotopic (exact) mass is 328 g/mol. The van der Waals surface area contributed by atoms with Crippen molar-refractivity contribution >= 4 is 39.5 Å². The van der Waals surface area contributed by atoms with Gasteiger partial charge in [0, 0.05) is 0 Å². The maximum absolute atomic E-state index is 13.4. The van der Waals surface area contributed by atoms with Crippen LogP contribution < -0.4 is 5.14 Å². The van der Waals surface area contributed by atoms with Crippen molar-refractivity contribution in [2.24, 2.45) is 5.14 Å². The summed E-state index contributed by atoms with van der Waals surface area (Å²) < 4.78 is 35.8. The number of benzene rings is 1. The van der Waals surface area contributed by atoms with E-state index in [0.717, 1.165) is 23.5 Å². The van der Waals surface area contributed by atoms with Gasteiger partial charge in [0.15, 0.2) is 0 Å². The van der Waals surface area contributed by atoms with Gasteiger partial charge in [-0.25, -0.2) is 27.7 Å². The van der Waals surface area contributed by atoms with Crippen LogP contribution >= 0.6 is 11.3 Å². The van der Waals surface area contributed by atoms with E-state index in [0.29, 0.717) is 10.6 Å². The van der Waals surface area contributed by atoms with Gasteiger partial charge < -0.3 is 5.11 Å². The molecule has 1 aromatic carbocycles. The molecule has 0 spiro atoms. The Bertz CT molecular complexity index is 828. The molecule has 0 fully saturated rings. The lowest BCUT2D eigenvalue weighted by atomic mass is 10.2. The molecule has 0 aliphatic rings. The Balaban J connectivity index is 2.31. The van der Waals surface area contributed by atoms with E-state index < -0.39 is 26.7 Å². The number of nitrogens with zero attached hydrogens (tertiary/aromatic N) is 1. The van der Waals surface area contributed by atoms with Crippen LogP contribution in [0.3, 0.4) is 0 Å². The number of hydrogen-bond acceptors (Lipinski definition) is 5. The Morgan fingerprint density at radius 2 is 2.10 bits per heavy atom. The number of thiazole rings is 1. The summed E-state index contributed by atoms with van der Waals surface area (Å²) in [4.78, 5) is 14.1. The Morgan fingerprint density at radius 3 is 2.67 bits per heavy atom. The van der Waals surface area contributed by atoms with E-state index in [-0.39, 0.29) is 4.88 Å². The molecular weight excluding hydrogens is 319 g/mol. The second-order valence-corrected chi connectivity index (χ2v) is 6.53. The molecule has 21 heavy (non-hydrogen) atoms. The number of hydrogen-bond donors (Lipinski definition) is 2. The average molecular weight is 328 g/mol. The van der Waals surface area contributed by atoms with Gasteiger partial charge in [0.2, 0.25) is 10.0 Å². The standard InChI is InChI=1S/C12H9FN2O4S2/c13-8-3-1-7(5-10(8)21(14,18)19)2-4-11-15-6-9(20-11)12(16)17/h1-6H,(H,16,17)(H2,14,18,19)/b4-2+. The molecule has 3 N–H and O–H groups in total. The zero-order valence-corrected chi connectivity index (χ0v) is 12.0. The summed E-state index contributed by atoms with van der Waals surface area (Å²) in [5, 5.41) is 14.1. The third-order valence-corrected chi connectivity index (χ3v) is 4.29. The normalized spacial score (nSPS) is 11.9. The van der Waals surface area contributed by atoms with Gasteiger partial charge in [0.1, 0.15) is 20.6 Å². The van der Waals surface area contributed by atoms with Crippen LogP contribution in [0.1, 0.15) is 20.2 Å². The van der Waals surface area contributed by atoms with Crippen molar-refractivity contribution < 1.29 is 22.7 Å². The molecular formula is C12H9FN2O4S2. The zero-order valence-electron chi connectivity index (χ0n) is 10.4. The summed E-state index contributed by atoms with van der Waals surface area (Å²) >= 11 is 0.959. The lowest BCUT2D eigenvalue weighted by Gasteiger charge is -2.01. The molecule has 1 heterocycles. The second-order valence-electron chi connectivity index (χ2n) is 3.94. The minimum Gasteiger partial charge on any atom is -0.477 e. The van der Waals surface area contributed by atoms with Crippen LogP contribution in [-0.4, -0.2) is 24.5 Å². The third-order valence-electron chi connectivity index (χ3n) is 2.41. The lowest BCUT2D eigenvalue weighted by molar-refractivity contribution is 0.0702. The molecule has 0 bridgehead atoms. The Hall–Kier alpha value is -2.10. The molecule has 0 aliphatic carbocycles. The number of aromatic nitrogens is 1. The van der Waals surface area contributed by atoms with Crippen LogP contribution in [0.4, 0.5) is 4.39 Å². The van der Waals surface area contributed by atoms with E-state index in [1.54, 1.807) is 0 Å². The first-order valence-electron chi connectivity index (χ1n) is 5.47. The zero-order chi connectivity index (χ0) is 15.6. The maximum atomic E-state index is 13.4. The number of halogens is 1. The molecule has 2 rings (SSSR count). The number of rotatable bonds is 4. The Morgan fingerprint density at radius 1 is 1.38 bits per heavy atom. The summed E-state index contributed by atoms with van der Waals surface area (Å²) in [6.07, 6.45) is 4.20. The van der Waals surface area contributed by atoms with Crippen LogP contribution in [-0.2, 0) is 10.0 Å². The minimum absolute atomic E-state index is 0.0824. The number of primary sulfonamides is 1. The van der Waals surface area contributed by atoms with Crippen molar-refractivity contribution in [1.82, 2.24) is 4.98 Å². The molecule has 0 radical (unpaired) electrons. The predicted octanol–water partition coefficient (Wildman–Crippen LogP) is 1.80. The average Bonchev–Trinajstić information content (AvgIpc) is 2.85. The third kappa shape index (κ3) is 3.72. The minimum atomic E-state index is -4.15. The SMILES string of the molecule is NS(=O)(=O)c1cc(/C=C/c2ncc(C(=O)O)s2)ccc1F. The number of carboxylic acids is 1. The number of carbonyl (C=O) groups is 1. The van der Waals surface area contributed by atoms with Gasteiger partial charge in [0.05, 0.1) is 6.20 Å². The topological polar surface area (TPSA) is 110 Å². The summed E-state index contributed by atoms with van der Waals surface area (Å²) in [6, 6.07) is 3.45. The van der Waals surface area contributed by atoms with E-state index in [1.807, 2.05) is 0 Å². The molecule has 0 unspecified atom stereocenters. The van der Waals surface area contributed by atoms with Gasteiger partial charge in [-0.05, 0) is 23.8 Å². The van der Waals surface area contributed by atoms with Gasteiger partial charge >= 0.3 is 5.97 Å². The number of carboxylic acid groups (broad SMARTS) is 1. The highest BCUT2D eigenvalue weighted by atomic mass is 32.2. The molecule has 0 saturated carbocycles.